The number of rotatable bonds is 7. The fraction of sp³-hybridized carbons (Fsp3) is 0.211. The second-order valence-electron chi connectivity index (χ2n) is 5.61. The predicted octanol–water partition coefficient (Wildman–Crippen LogP) is 3.76. The Morgan fingerprint density at radius 2 is 1.88 bits per heavy atom. The Hall–Kier alpha value is -2.86. The fourth-order valence-corrected chi connectivity index (χ4v) is 2.48. The van der Waals surface area contributed by atoms with E-state index in [-0.39, 0.29) is 5.91 Å². The molecule has 0 aliphatic carbocycles. The second kappa shape index (κ2) is 8.49. The number of carbonyl (C=O) groups excluding carboxylic acids is 1. The zero-order chi connectivity index (χ0) is 18.4. The lowest BCUT2D eigenvalue weighted by atomic mass is 10.2. The molecule has 0 unspecified atom stereocenters. The summed E-state index contributed by atoms with van der Waals surface area (Å²) in [5.41, 5.74) is 1.44. The van der Waals surface area contributed by atoms with E-state index in [1.54, 1.807) is 43.5 Å². The molecule has 3 rings (SSSR count). The monoisotopic (exact) mass is 371 g/mol. The highest BCUT2D eigenvalue weighted by atomic mass is 35.5. The molecule has 1 aromatic heterocycles. The summed E-state index contributed by atoms with van der Waals surface area (Å²) in [6.45, 7) is 0.517. The number of hydrogen-bond donors (Lipinski definition) is 1. The number of carbonyl (C=O) groups is 1. The lowest BCUT2D eigenvalue weighted by molar-refractivity contribution is 0.0953. The summed E-state index contributed by atoms with van der Waals surface area (Å²) in [7, 11) is 1.59. The summed E-state index contributed by atoms with van der Waals surface area (Å²) in [4.78, 5) is 16.4. The van der Waals surface area contributed by atoms with E-state index < -0.39 is 0 Å². The zero-order valence-corrected chi connectivity index (χ0v) is 15.0. The third-order valence-corrected chi connectivity index (χ3v) is 4.03. The number of benzene rings is 2. The minimum Gasteiger partial charge on any atom is -0.497 e. The molecule has 0 saturated carbocycles. The summed E-state index contributed by atoms with van der Waals surface area (Å²) in [6, 6.07) is 14.2. The van der Waals surface area contributed by atoms with Crippen molar-refractivity contribution in [1.29, 1.82) is 0 Å². The highest BCUT2D eigenvalue weighted by Crippen LogP contribution is 2.19. The normalized spacial score (nSPS) is 10.5. The van der Waals surface area contributed by atoms with Gasteiger partial charge < -0.3 is 14.6 Å². The van der Waals surface area contributed by atoms with Gasteiger partial charge >= 0.3 is 0 Å². The Kier molecular flexibility index (Phi) is 5.86. The predicted molar refractivity (Wildman–Crippen MR) is 98.4 cm³/mol. The largest absolute Gasteiger partial charge is 0.497 e. The van der Waals surface area contributed by atoms with Gasteiger partial charge in [-0.05, 0) is 55.0 Å². The first-order valence-corrected chi connectivity index (χ1v) is 8.54. The Morgan fingerprint density at radius 1 is 1.15 bits per heavy atom. The van der Waals surface area contributed by atoms with Crippen LogP contribution in [0.1, 0.15) is 22.7 Å². The number of nitrogens with one attached hydrogen (secondary N) is 1. The van der Waals surface area contributed by atoms with E-state index in [1.165, 1.54) is 0 Å². The quantitative estimate of drug-likeness (QED) is 0.640. The maximum atomic E-state index is 12.1. The molecule has 1 heterocycles. The lowest BCUT2D eigenvalue weighted by Crippen LogP contribution is -2.24. The van der Waals surface area contributed by atoms with E-state index in [0.717, 1.165) is 11.3 Å². The van der Waals surface area contributed by atoms with E-state index in [2.05, 4.69) is 15.5 Å². The van der Waals surface area contributed by atoms with Crippen LogP contribution < -0.4 is 10.1 Å². The lowest BCUT2D eigenvalue weighted by Gasteiger charge is -2.05. The number of aromatic nitrogens is 2. The number of hydrogen-bond acceptors (Lipinski definition) is 5. The molecule has 0 aliphatic rings. The van der Waals surface area contributed by atoms with Crippen LogP contribution in [0.5, 0.6) is 5.75 Å². The van der Waals surface area contributed by atoms with Crippen molar-refractivity contribution in [1.82, 2.24) is 15.5 Å². The molecule has 134 valence electrons. The summed E-state index contributed by atoms with van der Waals surface area (Å²) in [5.74, 6) is 1.65. The molecule has 1 N–H and O–H groups in total. The van der Waals surface area contributed by atoms with Gasteiger partial charge in [-0.3, -0.25) is 4.79 Å². The molecule has 0 radical (unpaired) electrons. The van der Waals surface area contributed by atoms with Crippen molar-refractivity contribution in [2.75, 3.05) is 13.7 Å². The summed E-state index contributed by atoms with van der Waals surface area (Å²) < 4.78 is 10.3. The maximum absolute atomic E-state index is 12.1. The van der Waals surface area contributed by atoms with Gasteiger partial charge in [-0.15, -0.1) is 0 Å². The van der Waals surface area contributed by atoms with Crippen LogP contribution in [-0.2, 0) is 6.42 Å². The molecule has 2 aromatic carbocycles. The number of halogens is 1. The molecule has 26 heavy (non-hydrogen) atoms. The van der Waals surface area contributed by atoms with E-state index in [4.69, 9.17) is 20.9 Å². The standard InChI is InChI=1S/C19H18ClN3O3/c1-25-16-10-6-14(7-11-16)19(24)21-12-2-3-17-22-18(23-26-17)13-4-8-15(20)9-5-13/h4-11H,2-3,12H2,1H3,(H,21,24). The third kappa shape index (κ3) is 4.61. The molecule has 0 spiro atoms. The van der Waals surface area contributed by atoms with Crippen molar-refractivity contribution < 1.29 is 14.1 Å². The van der Waals surface area contributed by atoms with E-state index in [9.17, 15) is 4.79 Å². The number of amides is 1. The zero-order valence-electron chi connectivity index (χ0n) is 14.2. The first kappa shape index (κ1) is 17.9. The van der Waals surface area contributed by atoms with Crippen molar-refractivity contribution in [2.45, 2.75) is 12.8 Å². The molecule has 0 atom stereocenters. The summed E-state index contributed by atoms with van der Waals surface area (Å²) >= 11 is 5.87. The van der Waals surface area contributed by atoms with E-state index >= 15 is 0 Å². The average Bonchev–Trinajstić information content (AvgIpc) is 3.14. The molecule has 3 aromatic rings. The molecule has 0 fully saturated rings. The molecular formula is C19H18ClN3O3. The van der Waals surface area contributed by atoms with Gasteiger partial charge in [-0.1, -0.05) is 16.8 Å². The van der Waals surface area contributed by atoms with E-state index in [1.807, 2.05) is 12.1 Å². The van der Waals surface area contributed by atoms with Gasteiger partial charge in [0.15, 0.2) is 0 Å². The van der Waals surface area contributed by atoms with Gasteiger partial charge in [0.2, 0.25) is 11.7 Å². The fourth-order valence-electron chi connectivity index (χ4n) is 2.36. The smallest absolute Gasteiger partial charge is 0.251 e. The third-order valence-electron chi connectivity index (χ3n) is 3.78. The van der Waals surface area contributed by atoms with Gasteiger partial charge in [0.05, 0.1) is 7.11 Å². The molecule has 1 amide bonds. The van der Waals surface area contributed by atoms with Crippen LogP contribution in [0.15, 0.2) is 53.1 Å². The van der Waals surface area contributed by atoms with Crippen LogP contribution in [0, 0.1) is 0 Å². The Labute approximate surface area is 156 Å². The van der Waals surface area contributed by atoms with Crippen LogP contribution in [0.3, 0.4) is 0 Å². The summed E-state index contributed by atoms with van der Waals surface area (Å²) in [6.07, 6.45) is 1.29. The SMILES string of the molecule is COc1ccc(C(=O)NCCCc2nc(-c3ccc(Cl)cc3)no2)cc1. The van der Waals surface area contributed by atoms with Gasteiger partial charge in [-0.2, -0.15) is 4.98 Å². The number of nitrogens with zero attached hydrogens (tertiary/aromatic N) is 2. The first-order valence-electron chi connectivity index (χ1n) is 8.16. The molecule has 0 bridgehead atoms. The molecular weight excluding hydrogens is 354 g/mol. The molecule has 0 aliphatic heterocycles. The second-order valence-corrected chi connectivity index (χ2v) is 6.04. The van der Waals surface area contributed by atoms with Crippen molar-refractivity contribution in [3.05, 3.63) is 65.0 Å². The van der Waals surface area contributed by atoms with E-state index in [0.29, 0.717) is 41.7 Å². The number of aryl methyl sites for hydroxylation is 1. The molecule has 7 heteroatoms. The molecule has 6 nitrogen and oxygen atoms in total. The topological polar surface area (TPSA) is 77.2 Å². The van der Waals surface area contributed by atoms with Crippen LogP contribution >= 0.6 is 11.6 Å². The van der Waals surface area contributed by atoms with Gasteiger partial charge in [-0.25, -0.2) is 0 Å². The van der Waals surface area contributed by atoms with Crippen molar-refractivity contribution >= 4 is 17.5 Å². The van der Waals surface area contributed by atoms with Crippen molar-refractivity contribution in [3.63, 3.8) is 0 Å². The molecule has 0 saturated heterocycles. The average molecular weight is 372 g/mol. The Morgan fingerprint density at radius 3 is 2.58 bits per heavy atom. The van der Waals surface area contributed by atoms with Gasteiger partial charge in [0.25, 0.3) is 5.91 Å². The van der Waals surface area contributed by atoms with Gasteiger partial charge in [0, 0.05) is 29.1 Å². The van der Waals surface area contributed by atoms with Crippen LogP contribution in [0.4, 0.5) is 0 Å². The minimum atomic E-state index is -0.125. The van der Waals surface area contributed by atoms with Gasteiger partial charge in [0.1, 0.15) is 5.75 Å². The Balaban J connectivity index is 1.46. The van der Waals surface area contributed by atoms with Crippen molar-refractivity contribution in [2.24, 2.45) is 0 Å². The first-order chi connectivity index (χ1) is 12.7. The minimum absolute atomic E-state index is 0.125. The van der Waals surface area contributed by atoms with Crippen LogP contribution in [0.25, 0.3) is 11.4 Å². The summed E-state index contributed by atoms with van der Waals surface area (Å²) in [5, 5.41) is 7.49. The number of methoxy groups -OCH3 is 1. The van der Waals surface area contributed by atoms with Crippen LogP contribution in [-0.4, -0.2) is 29.7 Å². The highest BCUT2D eigenvalue weighted by molar-refractivity contribution is 6.30. The highest BCUT2D eigenvalue weighted by Gasteiger charge is 2.09. The van der Waals surface area contributed by atoms with Crippen LogP contribution in [0.2, 0.25) is 5.02 Å². The maximum Gasteiger partial charge on any atom is 0.251 e. The van der Waals surface area contributed by atoms with Crippen molar-refractivity contribution in [3.8, 4) is 17.1 Å². The number of ether oxygens (including phenoxy) is 1. The Bertz CT molecular complexity index is 860.